The fourth-order valence-corrected chi connectivity index (χ4v) is 1.76. The van der Waals surface area contributed by atoms with Crippen LogP contribution in [0.1, 0.15) is 6.42 Å². The van der Waals surface area contributed by atoms with Gasteiger partial charge in [-0.15, -0.1) is 6.58 Å². The SMILES string of the molecule is C=CC1CC(=O)N(CCOCCOCCN)C1. The number of rotatable bonds is 9. The van der Waals surface area contributed by atoms with Gasteiger partial charge in [-0.2, -0.15) is 0 Å². The quantitative estimate of drug-likeness (QED) is 0.457. The van der Waals surface area contributed by atoms with E-state index in [1.807, 2.05) is 11.0 Å². The van der Waals surface area contributed by atoms with Crippen LogP contribution in [0.25, 0.3) is 0 Å². The van der Waals surface area contributed by atoms with E-state index >= 15 is 0 Å². The zero-order valence-corrected chi connectivity index (χ0v) is 10.3. The van der Waals surface area contributed by atoms with Gasteiger partial charge < -0.3 is 20.1 Å². The summed E-state index contributed by atoms with van der Waals surface area (Å²) in [6.07, 6.45) is 2.43. The van der Waals surface area contributed by atoms with Crippen molar-refractivity contribution in [2.45, 2.75) is 6.42 Å². The molecule has 2 N–H and O–H groups in total. The van der Waals surface area contributed by atoms with Crippen LogP contribution in [0, 0.1) is 5.92 Å². The minimum atomic E-state index is 0.192. The summed E-state index contributed by atoms with van der Waals surface area (Å²) >= 11 is 0. The lowest BCUT2D eigenvalue weighted by molar-refractivity contribution is -0.128. The maximum Gasteiger partial charge on any atom is 0.223 e. The third-order valence-corrected chi connectivity index (χ3v) is 2.72. The molecule has 0 spiro atoms. The molecule has 1 atom stereocenters. The van der Waals surface area contributed by atoms with Gasteiger partial charge in [0.1, 0.15) is 0 Å². The topological polar surface area (TPSA) is 64.8 Å². The molecule has 17 heavy (non-hydrogen) atoms. The maximum atomic E-state index is 11.5. The zero-order valence-electron chi connectivity index (χ0n) is 10.3. The Hall–Kier alpha value is -0.910. The number of likely N-dealkylation sites (tertiary alicyclic amines) is 1. The second-order valence-electron chi connectivity index (χ2n) is 4.05. The molecule has 1 aliphatic rings. The minimum absolute atomic E-state index is 0.192. The Bertz CT molecular complexity index is 246. The van der Waals surface area contributed by atoms with E-state index in [0.717, 1.165) is 6.54 Å². The number of hydrogen-bond donors (Lipinski definition) is 1. The van der Waals surface area contributed by atoms with Crippen molar-refractivity contribution in [1.29, 1.82) is 0 Å². The first kappa shape index (κ1) is 14.2. The summed E-state index contributed by atoms with van der Waals surface area (Å²) in [6, 6.07) is 0. The molecule has 1 heterocycles. The second-order valence-corrected chi connectivity index (χ2v) is 4.05. The van der Waals surface area contributed by atoms with Crippen molar-refractivity contribution in [3.8, 4) is 0 Å². The summed E-state index contributed by atoms with van der Waals surface area (Å²) in [5.41, 5.74) is 5.28. The van der Waals surface area contributed by atoms with Crippen molar-refractivity contribution >= 4 is 5.91 Å². The monoisotopic (exact) mass is 242 g/mol. The molecule has 5 nitrogen and oxygen atoms in total. The molecule has 1 unspecified atom stereocenters. The molecule has 1 amide bonds. The second kappa shape index (κ2) is 8.22. The standard InChI is InChI=1S/C12H22N2O3/c1-2-11-9-12(15)14(10-11)4-6-17-8-7-16-5-3-13/h2,11H,1,3-10,13H2. The van der Waals surface area contributed by atoms with Gasteiger partial charge >= 0.3 is 0 Å². The van der Waals surface area contributed by atoms with Gasteiger partial charge in [0, 0.05) is 32.0 Å². The number of carbonyl (C=O) groups is 1. The van der Waals surface area contributed by atoms with E-state index in [-0.39, 0.29) is 5.91 Å². The van der Waals surface area contributed by atoms with Gasteiger partial charge in [-0.05, 0) is 0 Å². The van der Waals surface area contributed by atoms with Crippen LogP contribution < -0.4 is 5.73 Å². The average Bonchev–Trinajstić information content (AvgIpc) is 2.69. The summed E-state index contributed by atoms with van der Waals surface area (Å²) in [7, 11) is 0. The number of carbonyl (C=O) groups excluding carboxylic acids is 1. The van der Waals surface area contributed by atoms with E-state index in [1.54, 1.807) is 0 Å². The molecule has 0 aliphatic carbocycles. The lowest BCUT2D eigenvalue weighted by atomic mass is 10.1. The van der Waals surface area contributed by atoms with E-state index < -0.39 is 0 Å². The highest BCUT2D eigenvalue weighted by molar-refractivity contribution is 5.78. The van der Waals surface area contributed by atoms with Crippen LogP contribution in [0.15, 0.2) is 12.7 Å². The zero-order chi connectivity index (χ0) is 12.5. The molecule has 0 aromatic heterocycles. The Balaban J connectivity index is 1.99. The lowest BCUT2D eigenvalue weighted by Gasteiger charge is -2.15. The van der Waals surface area contributed by atoms with Crippen molar-refractivity contribution in [3.63, 3.8) is 0 Å². The van der Waals surface area contributed by atoms with E-state index in [4.69, 9.17) is 15.2 Å². The smallest absolute Gasteiger partial charge is 0.223 e. The molecule has 98 valence electrons. The fraction of sp³-hybridized carbons (Fsp3) is 0.750. The van der Waals surface area contributed by atoms with E-state index in [0.29, 0.717) is 51.9 Å². The fourth-order valence-electron chi connectivity index (χ4n) is 1.76. The summed E-state index contributed by atoms with van der Waals surface area (Å²) in [5, 5.41) is 0. The van der Waals surface area contributed by atoms with Gasteiger partial charge in [-0.3, -0.25) is 4.79 Å². The van der Waals surface area contributed by atoms with Crippen LogP contribution >= 0.6 is 0 Å². The molecule has 0 bridgehead atoms. The molecular weight excluding hydrogens is 220 g/mol. The van der Waals surface area contributed by atoms with E-state index in [2.05, 4.69) is 6.58 Å². The van der Waals surface area contributed by atoms with E-state index in [1.165, 1.54) is 0 Å². The van der Waals surface area contributed by atoms with E-state index in [9.17, 15) is 4.79 Å². The average molecular weight is 242 g/mol. The van der Waals surface area contributed by atoms with Gasteiger partial charge in [0.15, 0.2) is 0 Å². The third-order valence-electron chi connectivity index (χ3n) is 2.72. The number of amides is 1. The van der Waals surface area contributed by atoms with Crippen LogP contribution in [0.3, 0.4) is 0 Å². The molecular formula is C12H22N2O3. The first-order chi connectivity index (χ1) is 8.27. The minimum Gasteiger partial charge on any atom is -0.378 e. The highest BCUT2D eigenvalue weighted by Gasteiger charge is 2.26. The Morgan fingerprint density at radius 2 is 2.06 bits per heavy atom. The van der Waals surface area contributed by atoms with Crippen LogP contribution in [-0.4, -0.2) is 56.9 Å². The van der Waals surface area contributed by atoms with Crippen LogP contribution in [0.4, 0.5) is 0 Å². The molecule has 5 heteroatoms. The molecule has 0 saturated carbocycles. The maximum absolute atomic E-state index is 11.5. The van der Waals surface area contributed by atoms with Crippen LogP contribution in [0.5, 0.6) is 0 Å². The van der Waals surface area contributed by atoms with Crippen LogP contribution in [-0.2, 0) is 14.3 Å². The lowest BCUT2D eigenvalue weighted by Crippen LogP contribution is -2.29. The Morgan fingerprint density at radius 3 is 2.65 bits per heavy atom. The molecule has 0 aromatic carbocycles. The highest BCUT2D eigenvalue weighted by Crippen LogP contribution is 2.17. The number of ether oxygens (including phenoxy) is 2. The van der Waals surface area contributed by atoms with Crippen molar-refractivity contribution in [1.82, 2.24) is 4.90 Å². The number of nitrogens with zero attached hydrogens (tertiary/aromatic N) is 1. The first-order valence-electron chi connectivity index (χ1n) is 6.03. The van der Waals surface area contributed by atoms with Gasteiger partial charge in [0.05, 0.1) is 26.4 Å². The third kappa shape index (κ3) is 5.30. The predicted molar refractivity (Wildman–Crippen MR) is 65.6 cm³/mol. The number of hydrogen-bond acceptors (Lipinski definition) is 4. The van der Waals surface area contributed by atoms with Gasteiger partial charge in [-0.1, -0.05) is 6.08 Å². The van der Waals surface area contributed by atoms with Gasteiger partial charge in [0.2, 0.25) is 5.91 Å². The van der Waals surface area contributed by atoms with Crippen molar-refractivity contribution in [2.75, 3.05) is 46.1 Å². The first-order valence-corrected chi connectivity index (χ1v) is 6.03. The highest BCUT2D eigenvalue weighted by atomic mass is 16.5. The molecule has 1 saturated heterocycles. The summed E-state index contributed by atoms with van der Waals surface area (Å²) in [5.74, 6) is 0.494. The summed E-state index contributed by atoms with van der Waals surface area (Å²) < 4.78 is 10.5. The summed E-state index contributed by atoms with van der Waals surface area (Å²) in [4.78, 5) is 13.4. The molecule has 1 fully saturated rings. The predicted octanol–water partition coefficient (Wildman–Crippen LogP) is 0.0128. The Morgan fingerprint density at radius 1 is 1.35 bits per heavy atom. The van der Waals surface area contributed by atoms with Gasteiger partial charge in [-0.25, -0.2) is 0 Å². The summed E-state index contributed by atoms with van der Waals surface area (Å²) in [6.45, 7) is 7.90. The molecule has 1 aliphatic heterocycles. The Labute approximate surface area is 103 Å². The van der Waals surface area contributed by atoms with Crippen molar-refractivity contribution < 1.29 is 14.3 Å². The number of nitrogens with two attached hydrogens (primary N) is 1. The molecule has 0 aromatic rings. The van der Waals surface area contributed by atoms with Crippen LogP contribution in [0.2, 0.25) is 0 Å². The molecule has 0 radical (unpaired) electrons. The Kier molecular flexibility index (Phi) is 6.84. The van der Waals surface area contributed by atoms with Crippen molar-refractivity contribution in [3.05, 3.63) is 12.7 Å². The van der Waals surface area contributed by atoms with Gasteiger partial charge in [0.25, 0.3) is 0 Å². The normalized spacial score (nSPS) is 19.9. The molecule has 1 rings (SSSR count). The van der Waals surface area contributed by atoms with Crippen molar-refractivity contribution in [2.24, 2.45) is 11.7 Å². The largest absolute Gasteiger partial charge is 0.378 e.